The van der Waals surface area contributed by atoms with Crippen LogP contribution in [-0.2, 0) is 11.0 Å². The van der Waals surface area contributed by atoms with Crippen molar-refractivity contribution < 1.29 is 22.8 Å². The van der Waals surface area contributed by atoms with Gasteiger partial charge in [-0.2, -0.15) is 13.2 Å². The first kappa shape index (κ1) is 17.4. The van der Waals surface area contributed by atoms with Crippen LogP contribution in [0.2, 0.25) is 0 Å². The first-order valence-corrected chi connectivity index (χ1v) is 8.25. The predicted molar refractivity (Wildman–Crippen MR) is 85.9 cm³/mol. The fourth-order valence-electron chi connectivity index (χ4n) is 2.64. The van der Waals surface area contributed by atoms with E-state index in [0.717, 1.165) is 12.1 Å². The molecule has 2 amide bonds. The highest BCUT2D eigenvalue weighted by atomic mass is 32.1. The van der Waals surface area contributed by atoms with Crippen molar-refractivity contribution in [2.45, 2.75) is 25.6 Å². The highest BCUT2D eigenvalue weighted by molar-refractivity contribution is 7.15. The fraction of sp³-hybridized carbons (Fsp3) is 0.312. The number of thiazole rings is 1. The third-order valence-electron chi connectivity index (χ3n) is 4.02. The van der Waals surface area contributed by atoms with Crippen molar-refractivity contribution in [1.29, 1.82) is 0 Å². The van der Waals surface area contributed by atoms with E-state index in [0.29, 0.717) is 28.4 Å². The zero-order valence-electron chi connectivity index (χ0n) is 13.1. The summed E-state index contributed by atoms with van der Waals surface area (Å²) in [5.41, 5.74) is 5.10. The Bertz CT molecular complexity index is 830. The quantitative estimate of drug-likeness (QED) is 0.904. The third kappa shape index (κ3) is 3.23. The zero-order chi connectivity index (χ0) is 18.4. The molecule has 2 N–H and O–H groups in total. The maximum absolute atomic E-state index is 12.7. The van der Waals surface area contributed by atoms with Crippen molar-refractivity contribution in [3.63, 3.8) is 0 Å². The first-order valence-electron chi connectivity index (χ1n) is 7.44. The molecule has 0 radical (unpaired) electrons. The van der Waals surface area contributed by atoms with Gasteiger partial charge in [0.25, 0.3) is 5.91 Å². The summed E-state index contributed by atoms with van der Waals surface area (Å²) in [6.07, 6.45) is -3.92. The number of rotatable bonds is 3. The second kappa shape index (κ2) is 6.14. The van der Waals surface area contributed by atoms with Crippen LogP contribution < -0.4 is 5.73 Å². The van der Waals surface area contributed by atoms with Crippen molar-refractivity contribution in [3.05, 3.63) is 40.5 Å². The molecular formula is C16H14F3N3O2S. The molecule has 2 heterocycles. The van der Waals surface area contributed by atoms with Crippen LogP contribution in [0.3, 0.4) is 0 Å². The summed E-state index contributed by atoms with van der Waals surface area (Å²) in [5, 5.41) is 0.606. The van der Waals surface area contributed by atoms with Crippen LogP contribution in [-0.4, -0.2) is 34.3 Å². The molecule has 25 heavy (non-hydrogen) atoms. The van der Waals surface area contributed by atoms with Crippen LogP contribution in [0, 0.1) is 6.92 Å². The minimum atomic E-state index is -4.42. The van der Waals surface area contributed by atoms with Crippen LogP contribution in [0.25, 0.3) is 10.4 Å². The van der Waals surface area contributed by atoms with Gasteiger partial charge in [-0.05, 0) is 31.0 Å². The largest absolute Gasteiger partial charge is 0.416 e. The number of aryl methyl sites for hydroxylation is 1. The average Bonchev–Trinajstić information content (AvgIpc) is 2.86. The van der Waals surface area contributed by atoms with Crippen LogP contribution >= 0.6 is 11.3 Å². The molecule has 1 aromatic heterocycles. The molecule has 5 nitrogen and oxygen atoms in total. The number of primary amides is 1. The van der Waals surface area contributed by atoms with Gasteiger partial charge in [-0.1, -0.05) is 12.1 Å². The molecule has 0 saturated carbocycles. The number of amides is 2. The number of nitrogens with zero attached hydrogens (tertiary/aromatic N) is 2. The van der Waals surface area contributed by atoms with Crippen LogP contribution in [0.1, 0.15) is 27.5 Å². The number of nitrogens with two attached hydrogens (primary N) is 1. The summed E-state index contributed by atoms with van der Waals surface area (Å²) in [5.74, 6) is -1.02. The Morgan fingerprint density at radius 3 is 2.40 bits per heavy atom. The molecule has 2 aromatic rings. The van der Waals surface area contributed by atoms with E-state index in [9.17, 15) is 22.8 Å². The summed E-state index contributed by atoms with van der Waals surface area (Å²) < 4.78 is 38.1. The SMILES string of the molecule is Cc1nc(C(=O)N2CCC2C(N)=O)c(-c2ccc(C(F)(F)F)cc2)s1. The van der Waals surface area contributed by atoms with Gasteiger partial charge in [-0.15, -0.1) is 11.3 Å². The van der Waals surface area contributed by atoms with E-state index in [4.69, 9.17) is 5.73 Å². The number of hydrogen-bond acceptors (Lipinski definition) is 4. The van der Waals surface area contributed by atoms with E-state index in [-0.39, 0.29) is 5.69 Å². The van der Waals surface area contributed by atoms with E-state index < -0.39 is 29.6 Å². The number of likely N-dealkylation sites (tertiary alicyclic amines) is 1. The lowest BCUT2D eigenvalue weighted by atomic mass is 10.0. The average molecular weight is 369 g/mol. The summed E-state index contributed by atoms with van der Waals surface area (Å²) in [6, 6.07) is 3.90. The highest BCUT2D eigenvalue weighted by Gasteiger charge is 2.38. The summed E-state index contributed by atoms with van der Waals surface area (Å²) >= 11 is 1.21. The number of halogens is 3. The van der Waals surface area contributed by atoms with Crippen LogP contribution in [0.5, 0.6) is 0 Å². The lowest BCUT2D eigenvalue weighted by Crippen LogP contribution is -2.57. The lowest BCUT2D eigenvalue weighted by molar-refractivity contribution is -0.137. The predicted octanol–water partition coefficient (Wildman–Crippen LogP) is 2.84. The Kier molecular flexibility index (Phi) is 4.28. The number of benzene rings is 1. The molecule has 1 fully saturated rings. The standard InChI is InChI=1S/C16H14F3N3O2S/c1-8-21-12(15(24)22-7-6-11(22)14(20)23)13(25-8)9-2-4-10(5-3-9)16(17,18)19/h2-5,11H,6-7H2,1H3,(H2,20,23). The van der Waals surface area contributed by atoms with Gasteiger partial charge < -0.3 is 10.6 Å². The lowest BCUT2D eigenvalue weighted by Gasteiger charge is -2.38. The molecule has 0 bridgehead atoms. The van der Waals surface area contributed by atoms with Gasteiger partial charge in [0, 0.05) is 6.54 Å². The Morgan fingerprint density at radius 2 is 1.92 bits per heavy atom. The minimum Gasteiger partial charge on any atom is -0.368 e. The maximum atomic E-state index is 12.7. The Labute approximate surface area is 145 Å². The second-order valence-electron chi connectivity index (χ2n) is 5.69. The molecule has 1 aromatic carbocycles. The third-order valence-corrected chi connectivity index (χ3v) is 5.04. The summed E-state index contributed by atoms with van der Waals surface area (Å²) in [7, 11) is 0. The van der Waals surface area contributed by atoms with E-state index in [1.807, 2.05) is 0 Å². The van der Waals surface area contributed by atoms with Gasteiger partial charge in [-0.25, -0.2) is 4.98 Å². The number of carbonyl (C=O) groups excluding carboxylic acids is 2. The van der Waals surface area contributed by atoms with Gasteiger partial charge in [0.1, 0.15) is 11.7 Å². The van der Waals surface area contributed by atoms with Gasteiger partial charge in [0.05, 0.1) is 15.4 Å². The molecular weight excluding hydrogens is 355 g/mol. The normalized spacial score (nSPS) is 17.3. The first-order chi connectivity index (χ1) is 11.7. The molecule has 0 aliphatic carbocycles. The number of carbonyl (C=O) groups is 2. The molecule has 1 atom stereocenters. The monoisotopic (exact) mass is 369 g/mol. The molecule has 0 spiro atoms. The van der Waals surface area contributed by atoms with E-state index in [1.54, 1.807) is 6.92 Å². The van der Waals surface area contributed by atoms with Gasteiger partial charge in [0.15, 0.2) is 0 Å². The molecule has 1 aliphatic heterocycles. The van der Waals surface area contributed by atoms with Crippen molar-refractivity contribution >= 4 is 23.2 Å². The van der Waals surface area contributed by atoms with Crippen LogP contribution in [0.4, 0.5) is 13.2 Å². The van der Waals surface area contributed by atoms with Crippen molar-refractivity contribution in [3.8, 4) is 10.4 Å². The van der Waals surface area contributed by atoms with Crippen LogP contribution in [0.15, 0.2) is 24.3 Å². The van der Waals surface area contributed by atoms with Gasteiger partial charge >= 0.3 is 6.18 Å². The maximum Gasteiger partial charge on any atom is 0.416 e. The number of aromatic nitrogens is 1. The van der Waals surface area contributed by atoms with Crippen molar-refractivity contribution in [1.82, 2.24) is 9.88 Å². The highest BCUT2D eigenvalue weighted by Crippen LogP contribution is 2.35. The Hall–Kier alpha value is -2.42. The van der Waals surface area contributed by atoms with E-state index in [2.05, 4.69) is 4.98 Å². The smallest absolute Gasteiger partial charge is 0.368 e. The van der Waals surface area contributed by atoms with Gasteiger partial charge in [-0.3, -0.25) is 9.59 Å². The molecule has 132 valence electrons. The van der Waals surface area contributed by atoms with Gasteiger partial charge in [0.2, 0.25) is 5.91 Å². The van der Waals surface area contributed by atoms with Crippen molar-refractivity contribution in [2.75, 3.05) is 6.54 Å². The topological polar surface area (TPSA) is 76.3 Å². The summed E-state index contributed by atoms with van der Waals surface area (Å²) in [4.78, 5) is 30.0. The molecule has 9 heteroatoms. The van der Waals surface area contributed by atoms with Crippen molar-refractivity contribution in [2.24, 2.45) is 5.73 Å². The van der Waals surface area contributed by atoms with E-state index >= 15 is 0 Å². The Morgan fingerprint density at radius 1 is 1.28 bits per heavy atom. The zero-order valence-corrected chi connectivity index (χ0v) is 13.9. The molecule has 1 aliphatic rings. The molecule has 1 unspecified atom stereocenters. The Balaban J connectivity index is 1.94. The minimum absolute atomic E-state index is 0.133. The second-order valence-corrected chi connectivity index (χ2v) is 6.89. The molecule has 1 saturated heterocycles. The number of hydrogen-bond donors (Lipinski definition) is 1. The number of alkyl halides is 3. The van der Waals surface area contributed by atoms with E-state index in [1.165, 1.54) is 28.4 Å². The fourth-order valence-corrected chi connectivity index (χ4v) is 3.56. The summed E-state index contributed by atoms with van der Waals surface area (Å²) in [6.45, 7) is 2.10. The molecule has 3 rings (SSSR count).